The Kier molecular flexibility index (Phi) is 8.38. The summed E-state index contributed by atoms with van der Waals surface area (Å²) in [6.07, 6.45) is 8.49. The van der Waals surface area contributed by atoms with Crippen molar-refractivity contribution < 1.29 is 4.79 Å². The first-order chi connectivity index (χ1) is 21.4. The van der Waals surface area contributed by atoms with Gasteiger partial charge in [0.25, 0.3) is 0 Å². The van der Waals surface area contributed by atoms with Gasteiger partial charge in [0.15, 0.2) is 0 Å². The van der Waals surface area contributed by atoms with Crippen molar-refractivity contribution >= 4 is 34.0 Å². The van der Waals surface area contributed by atoms with Gasteiger partial charge in [-0.2, -0.15) is 0 Å². The molecule has 226 valence electrons. The second-order valence-electron chi connectivity index (χ2n) is 12.4. The van der Waals surface area contributed by atoms with Gasteiger partial charge in [-0.1, -0.05) is 111 Å². The minimum Gasteiger partial charge on any atom is -0.384 e. The molecule has 6 rings (SSSR count). The second kappa shape index (κ2) is 12.5. The van der Waals surface area contributed by atoms with Crippen LogP contribution in [0.25, 0.3) is 10.8 Å². The number of hydrogen-bond donors (Lipinski definition) is 5. The number of fused-ring (bicyclic) bond motifs is 2. The first kappa shape index (κ1) is 29.4. The summed E-state index contributed by atoms with van der Waals surface area (Å²) >= 11 is 0. The zero-order valence-electron chi connectivity index (χ0n) is 25.2. The molecule has 1 heterocycles. The molecule has 1 atom stereocenters. The molecule has 0 radical (unpaired) electrons. The van der Waals surface area contributed by atoms with E-state index in [4.69, 9.17) is 22.3 Å². The highest BCUT2D eigenvalue weighted by Gasteiger charge is 2.54. The summed E-state index contributed by atoms with van der Waals surface area (Å²) in [5.74, 6) is 0.270. The summed E-state index contributed by atoms with van der Waals surface area (Å²) in [6.45, 7) is 0.968. The number of carbonyl (C=O) groups excluding carboxylic acids is 1. The minimum absolute atomic E-state index is 0.0276. The SMILES string of the molecule is N=C(N)c1ccc(CNC(=O)C2(C3CCCCCCC3)Cc3ccc(C(=N)N)cc3N2Cc2cccc3ccccc23)cc1. The zero-order chi connectivity index (χ0) is 30.7. The van der Waals surface area contributed by atoms with Crippen LogP contribution in [-0.2, 0) is 24.3 Å². The Balaban J connectivity index is 1.45. The van der Waals surface area contributed by atoms with Crippen LogP contribution in [0.1, 0.15) is 72.8 Å². The molecule has 4 aromatic carbocycles. The lowest BCUT2D eigenvalue weighted by molar-refractivity contribution is -0.129. The Morgan fingerprint density at radius 3 is 2.20 bits per heavy atom. The average molecular weight is 587 g/mol. The van der Waals surface area contributed by atoms with Gasteiger partial charge >= 0.3 is 0 Å². The Morgan fingerprint density at radius 2 is 1.48 bits per heavy atom. The lowest BCUT2D eigenvalue weighted by atomic mass is 9.73. The van der Waals surface area contributed by atoms with E-state index in [1.165, 1.54) is 35.6 Å². The summed E-state index contributed by atoms with van der Waals surface area (Å²) in [7, 11) is 0. The van der Waals surface area contributed by atoms with Crippen molar-refractivity contribution in [1.82, 2.24) is 5.32 Å². The van der Waals surface area contributed by atoms with E-state index in [0.29, 0.717) is 30.6 Å². The third kappa shape index (κ3) is 5.66. The number of benzene rings is 4. The molecule has 0 saturated heterocycles. The molecule has 1 aliphatic carbocycles. The van der Waals surface area contributed by atoms with Crippen LogP contribution in [0.15, 0.2) is 84.9 Å². The van der Waals surface area contributed by atoms with E-state index in [1.54, 1.807) is 0 Å². The van der Waals surface area contributed by atoms with Crippen molar-refractivity contribution in [2.75, 3.05) is 4.90 Å². The fraction of sp³-hybridized carbons (Fsp3) is 0.324. The number of amides is 1. The first-order valence-electron chi connectivity index (χ1n) is 15.8. The summed E-state index contributed by atoms with van der Waals surface area (Å²) in [6, 6.07) is 28.4. The van der Waals surface area contributed by atoms with Crippen molar-refractivity contribution in [3.63, 3.8) is 0 Å². The molecule has 1 aliphatic heterocycles. The molecule has 1 unspecified atom stereocenters. The van der Waals surface area contributed by atoms with Crippen LogP contribution in [0.5, 0.6) is 0 Å². The van der Waals surface area contributed by atoms with Gasteiger partial charge in [0.2, 0.25) is 5.91 Å². The van der Waals surface area contributed by atoms with Crippen molar-refractivity contribution in [2.45, 2.75) is 70.0 Å². The van der Waals surface area contributed by atoms with Crippen LogP contribution in [0.3, 0.4) is 0 Å². The van der Waals surface area contributed by atoms with Gasteiger partial charge in [0, 0.05) is 36.3 Å². The van der Waals surface area contributed by atoms with Gasteiger partial charge in [0.05, 0.1) is 0 Å². The predicted molar refractivity (Wildman–Crippen MR) is 179 cm³/mol. The quantitative estimate of drug-likeness (QED) is 0.121. The molecule has 7 heteroatoms. The van der Waals surface area contributed by atoms with Crippen molar-refractivity contribution in [2.24, 2.45) is 17.4 Å². The van der Waals surface area contributed by atoms with E-state index in [-0.39, 0.29) is 23.5 Å². The molecule has 44 heavy (non-hydrogen) atoms. The van der Waals surface area contributed by atoms with Crippen LogP contribution < -0.4 is 21.7 Å². The molecular formula is C37H42N6O. The number of nitrogens with zero attached hydrogens (tertiary/aromatic N) is 1. The fourth-order valence-corrected chi connectivity index (χ4v) is 7.38. The van der Waals surface area contributed by atoms with E-state index >= 15 is 0 Å². The molecule has 0 bridgehead atoms. The molecular weight excluding hydrogens is 544 g/mol. The monoisotopic (exact) mass is 586 g/mol. The molecule has 7 N–H and O–H groups in total. The van der Waals surface area contributed by atoms with Gasteiger partial charge in [0.1, 0.15) is 17.2 Å². The van der Waals surface area contributed by atoms with Gasteiger partial charge < -0.3 is 21.7 Å². The molecule has 0 spiro atoms. The van der Waals surface area contributed by atoms with E-state index in [0.717, 1.165) is 42.5 Å². The number of nitrogen functional groups attached to an aromatic ring is 2. The molecule has 1 amide bonds. The third-order valence-electron chi connectivity index (χ3n) is 9.73. The highest BCUT2D eigenvalue weighted by molar-refractivity contribution is 5.99. The summed E-state index contributed by atoms with van der Waals surface area (Å²) in [5, 5.41) is 21.6. The third-order valence-corrected chi connectivity index (χ3v) is 9.73. The predicted octanol–water partition coefficient (Wildman–Crippen LogP) is 6.39. The van der Waals surface area contributed by atoms with Gasteiger partial charge in [-0.05, 0) is 52.3 Å². The fourth-order valence-electron chi connectivity index (χ4n) is 7.38. The number of hydrogen-bond acceptors (Lipinski definition) is 4. The van der Waals surface area contributed by atoms with Crippen LogP contribution >= 0.6 is 0 Å². The number of carbonyl (C=O) groups is 1. The lowest BCUT2D eigenvalue weighted by Gasteiger charge is -2.45. The number of anilines is 1. The summed E-state index contributed by atoms with van der Waals surface area (Å²) in [5.41, 5.74) is 16.5. The van der Waals surface area contributed by atoms with E-state index < -0.39 is 5.54 Å². The maximum Gasteiger partial charge on any atom is 0.246 e. The highest BCUT2D eigenvalue weighted by atomic mass is 16.2. The normalized spacial score (nSPS) is 18.8. The molecule has 0 aromatic heterocycles. The second-order valence-corrected chi connectivity index (χ2v) is 12.4. The largest absolute Gasteiger partial charge is 0.384 e. The van der Waals surface area contributed by atoms with Crippen LogP contribution in [0.2, 0.25) is 0 Å². The van der Waals surface area contributed by atoms with Gasteiger partial charge in [-0.15, -0.1) is 0 Å². The lowest BCUT2D eigenvalue weighted by Crippen LogP contribution is -2.62. The van der Waals surface area contributed by atoms with Gasteiger partial charge in [-0.25, -0.2) is 0 Å². The number of nitrogens with one attached hydrogen (secondary N) is 3. The van der Waals surface area contributed by atoms with Crippen LogP contribution in [0.4, 0.5) is 5.69 Å². The van der Waals surface area contributed by atoms with E-state index in [1.807, 2.05) is 36.4 Å². The van der Waals surface area contributed by atoms with Crippen molar-refractivity contribution in [3.8, 4) is 0 Å². The Bertz CT molecular complexity index is 1680. The Labute approximate surface area is 259 Å². The molecule has 7 nitrogen and oxygen atoms in total. The van der Waals surface area contributed by atoms with E-state index in [9.17, 15) is 4.79 Å². The van der Waals surface area contributed by atoms with E-state index in [2.05, 4.69) is 58.7 Å². The summed E-state index contributed by atoms with van der Waals surface area (Å²) in [4.78, 5) is 17.2. The molecule has 1 saturated carbocycles. The number of rotatable bonds is 8. The maximum absolute atomic E-state index is 14.9. The van der Waals surface area contributed by atoms with Crippen LogP contribution in [0, 0.1) is 16.7 Å². The van der Waals surface area contributed by atoms with Crippen molar-refractivity contribution in [3.05, 3.63) is 113 Å². The number of nitrogens with two attached hydrogens (primary N) is 2. The number of amidine groups is 2. The van der Waals surface area contributed by atoms with Gasteiger partial charge in [-0.3, -0.25) is 15.6 Å². The highest BCUT2D eigenvalue weighted by Crippen LogP contribution is 2.48. The topological polar surface area (TPSA) is 132 Å². The molecule has 1 fully saturated rings. The van der Waals surface area contributed by atoms with Crippen LogP contribution in [-0.4, -0.2) is 23.1 Å². The van der Waals surface area contributed by atoms with Crippen molar-refractivity contribution in [1.29, 1.82) is 10.8 Å². The zero-order valence-corrected chi connectivity index (χ0v) is 25.2. The average Bonchev–Trinajstić information content (AvgIpc) is 3.34. The minimum atomic E-state index is -0.786. The summed E-state index contributed by atoms with van der Waals surface area (Å²) < 4.78 is 0. The molecule has 4 aromatic rings. The Hall–Kier alpha value is -4.65. The smallest absolute Gasteiger partial charge is 0.246 e. The maximum atomic E-state index is 14.9. The first-order valence-corrected chi connectivity index (χ1v) is 15.8. The molecule has 2 aliphatic rings. The standard InChI is InChI=1S/C37H42N6O/c38-34(39)27-17-15-25(16-18-27)23-42-36(44)37(31-12-4-2-1-3-5-13-31)22-29-20-19-28(35(40)41)21-33(29)43(37)24-30-11-8-10-26-9-6-7-14-32(26)30/h6-11,14-21,31H,1-5,12-13,22-24H2,(H3,38,39)(H3,40,41)(H,42,44). The Morgan fingerprint density at radius 1 is 0.818 bits per heavy atom.